The van der Waals surface area contributed by atoms with Crippen LogP contribution in [0.4, 0.5) is 17.6 Å². The highest BCUT2D eigenvalue weighted by Crippen LogP contribution is 2.24. The number of nitrogens with two attached hydrogens (primary N) is 1. The molecule has 0 unspecified atom stereocenters. The van der Waals surface area contributed by atoms with E-state index in [1.54, 1.807) is 0 Å². The Morgan fingerprint density at radius 1 is 0.744 bits per heavy atom. The number of anilines is 3. The van der Waals surface area contributed by atoms with E-state index in [1.807, 2.05) is 6.07 Å². The van der Waals surface area contributed by atoms with Crippen molar-refractivity contribution in [1.29, 1.82) is 0 Å². The largest absolute Gasteiger partial charge is 0.383 e. The van der Waals surface area contributed by atoms with Crippen LogP contribution in [-0.2, 0) is 4.74 Å². The lowest BCUT2D eigenvalue weighted by Crippen LogP contribution is -2.49. The van der Waals surface area contributed by atoms with Gasteiger partial charge in [0.05, 0.1) is 13.2 Å². The molecule has 5 N–H and O–H groups in total. The molecule has 0 spiro atoms. The molecule has 0 amide bonds. The van der Waals surface area contributed by atoms with E-state index in [-0.39, 0.29) is 0 Å². The maximum absolute atomic E-state index is 6.22. The minimum absolute atomic E-state index is 0.419. The third kappa shape index (κ3) is 9.42. The molecule has 10 heteroatoms. The number of hydrogen-bond acceptors (Lipinski definition) is 10. The quantitative estimate of drug-likeness (QED) is 0.293. The summed E-state index contributed by atoms with van der Waals surface area (Å²) in [6, 6.07) is 3.75. The molecule has 2 saturated heterocycles. The lowest BCUT2D eigenvalue weighted by Gasteiger charge is -2.37. The van der Waals surface area contributed by atoms with Crippen molar-refractivity contribution >= 4 is 17.6 Å². The fourth-order valence-electron chi connectivity index (χ4n) is 6.62. The van der Waals surface area contributed by atoms with E-state index in [9.17, 15) is 0 Å². The zero-order valence-corrected chi connectivity index (χ0v) is 24.1. The average molecular weight is 544 g/mol. The van der Waals surface area contributed by atoms with Gasteiger partial charge >= 0.3 is 0 Å². The van der Waals surface area contributed by atoms with Crippen LogP contribution in [0, 0.1) is 0 Å². The van der Waals surface area contributed by atoms with Gasteiger partial charge in [0.2, 0.25) is 5.95 Å². The molecule has 0 atom stereocenters. The molecule has 39 heavy (non-hydrogen) atoms. The molecule has 2 aliphatic heterocycles. The van der Waals surface area contributed by atoms with Gasteiger partial charge in [-0.25, -0.2) is 0 Å². The topological polar surface area (TPSA) is 107 Å². The van der Waals surface area contributed by atoms with Gasteiger partial charge in [-0.3, -0.25) is 9.80 Å². The first kappa shape index (κ1) is 28.8. The number of ether oxygens (including phenoxy) is 1. The smallest absolute Gasteiger partial charge is 0.226 e. The fraction of sp³-hybridized carbons (Fsp3) is 0.862. The molecular weight excluding hydrogens is 490 g/mol. The summed E-state index contributed by atoms with van der Waals surface area (Å²) in [5.41, 5.74) is 6.22. The Kier molecular flexibility index (Phi) is 11.3. The number of aromatic nitrogens is 2. The van der Waals surface area contributed by atoms with E-state index >= 15 is 0 Å². The number of morpholine rings is 1. The van der Waals surface area contributed by atoms with E-state index in [1.165, 1.54) is 51.4 Å². The summed E-state index contributed by atoms with van der Waals surface area (Å²) >= 11 is 0. The molecule has 2 aliphatic carbocycles. The van der Waals surface area contributed by atoms with Crippen LogP contribution in [0.1, 0.15) is 64.2 Å². The second-order valence-electron chi connectivity index (χ2n) is 12.0. The molecule has 10 nitrogen and oxygen atoms in total. The first-order chi connectivity index (χ1) is 19.2. The summed E-state index contributed by atoms with van der Waals surface area (Å²) in [5, 5.41) is 11.2. The summed E-state index contributed by atoms with van der Waals surface area (Å²) in [5.74, 6) is 2.19. The van der Waals surface area contributed by atoms with Crippen LogP contribution >= 0.6 is 0 Å². The van der Waals surface area contributed by atoms with Gasteiger partial charge in [0.15, 0.2) is 0 Å². The second kappa shape index (κ2) is 15.3. The molecule has 3 heterocycles. The van der Waals surface area contributed by atoms with Crippen molar-refractivity contribution in [2.45, 2.75) is 82.3 Å². The van der Waals surface area contributed by atoms with E-state index < -0.39 is 0 Å². The Bertz CT molecular complexity index is 830. The SMILES string of the molecule is Nc1cc(N2CCN(CCN3CCOCC3)CC2)nc(NC2CCC(NCCCNC3CCCCC3)CC2)n1. The third-order valence-electron chi connectivity index (χ3n) is 9.15. The maximum Gasteiger partial charge on any atom is 0.226 e. The first-order valence-corrected chi connectivity index (χ1v) is 15.9. The van der Waals surface area contributed by atoms with Gasteiger partial charge in [0.1, 0.15) is 11.6 Å². The zero-order chi connectivity index (χ0) is 26.7. The summed E-state index contributed by atoms with van der Waals surface area (Å²) in [7, 11) is 0. The van der Waals surface area contributed by atoms with Crippen LogP contribution in [0.25, 0.3) is 0 Å². The number of rotatable bonds is 12. The number of piperazine rings is 1. The van der Waals surface area contributed by atoms with Crippen molar-refractivity contribution in [3.05, 3.63) is 6.07 Å². The van der Waals surface area contributed by atoms with Crippen LogP contribution in [-0.4, -0.2) is 117 Å². The monoisotopic (exact) mass is 543 g/mol. The van der Waals surface area contributed by atoms with Crippen molar-refractivity contribution in [2.24, 2.45) is 0 Å². The fourth-order valence-corrected chi connectivity index (χ4v) is 6.62. The maximum atomic E-state index is 6.22. The highest BCUT2D eigenvalue weighted by atomic mass is 16.5. The first-order valence-electron chi connectivity index (χ1n) is 15.9. The second-order valence-corrected chi connectivity index (χ2v) is 12.0. The number of nitrogen functional groups attached to an aromatic ring is 1. The van der Waals surface area contributed by atoms with E-state index in [0.717, 1.165) is 103 Å². The predicted octanol–water partition coefficient (Wildman–Crippen LogP) is 2.14. The van der Waals surface area contributed by atoms with E-state index in [2.05, 4.69) is 35.6 Å². The van der Waals surface area contributed by atoms with Crippen LogP contribution in [0.2, 0.25) is 0 Å². The van der Waals surface area contributed by atoms with Crippen LogP contribution in [0.15, 0.2) is 6.07 Å². The lowest BCUT2D eigenvalue weighted by atomic mass is 9.91. The summed E-state index contributed by atoms with van der Waals surface area (Å²) in [4.78, 5) is 16.8. The zero-order valence-electron chi connectivity index (χ0n) is 24.1. The summed E-state index contributed by atoms with van der Waals surface area (Å²) < 4.78 is 5.47. The van der Waals surface area contributed by atoms with E-state index in [4.69, 9.17) is 15.5 Å². The van der Waals surface area contributed by atoms with Crippen LogP contribution < -0.4 is 26.6 Å². The Morgan fingerprint density at radius 2 is 1.36 bits per heavy atom. The Labute approximate surface area is 235 Å². The molecule has 4 fully saturated rings. The average Bonchev–Trinajstić information content (AvgIpc) is 2.98. The minimum Gasteiger partial charge on any atom is -0.383 e. The van der Waals surface area contributed by atoms with Crippen LogP contribution in [0.5, 0.6) is 0 Å². The van der Waals surface area contributed by atoms with Gasteiger partial charge in [0, 0.05) is 76.5 Å². The molecule has 4 aliphatic rings. The Morgan fingerprint density at radius 3 is 2.05 bits per heavy atom. The standard InChI is InChI=1S/C29H53N9O/c30-27-23-28(38-17-15-36(16-18-38)13-14-37-19-21-39-22-20-37)35-29(34-27)33-26-9-7-25(8-10-26)32-12-4-11-31-24-5-2-1-3-6-24/h23-26,31-32H,1-22H2,(H3,30,33,34,35). The van der Waals surface area contributed by atoms with Gasteiger partial charge in [-0.15, -0.1) is 0 Å². The molecule has 0 radical (unpaired) electrons. The Hall–Kier alpha value is -1.72. The van der Waals surface area contributed by atoms with Crippen molar-refractivity contribution in [1.82, 2.24) is 30.4 Å². The van der Waals surface area contributed by atoms with Crippen molar-refractivity contribution < 1.29 is 4.74 Å². The normalized spacial score (nSPS) is 26.1. The van der Waals surface area contributed by atoms with Gasteiger partial charge in [-0.2, -0.15) is 9.97 Å². The molecule has 220 valence electrons. The highest BCUT2D eigenvalue weighted by molar-refractivity contribution is 5.52. The molecule has 2 saturated carbocycles. The minimum atomic E-state index is 0.419. The van der Waals surface area contributed by atoms with Gasteiger partial charge in [-0.1, -0.05) is 19.3 Å². The van der Waals surface area contributed by atoms with E-state index in [0.29, 0.717) is 23.8 Å². The number of nitrogens with one attached hydrogen (secondary N) is 3. The number of nitrogens with zero attached hydrogens (tertiary/aromatic N) is 5. The Balaban J connectivity index is 0.980. The molecule has 1 aromatic heterocycles. The van der Waals surface area contributed by atoms with Crippen LogP contribution in [0.3, 0.4) is 0 Å². The molecule has 5 rings (SSSR count). The van der Waals surface area contributed by atoms with Gasteiger partial charge in [0.25, 0.3) is 0 Å². The van der Waals surface area contributed by atoms with Crippen molar-refractivity contribution in [3.63, 3.8) is 0 Å². The number of hydrogen-bond donors (Lipinski definition) is 4. The summed E-state index contributed by atoms with van der Waals surface area (Å²) in [6.07, 6.45) is 12.9. The van der Waals surface area contributed by atoms with Crippen molar-refractivity contribution in [2.75, 3.05) is 94.6 Å². The highest BCUT2D eigenvalue weighted by Gasteiger charge is 2.23. The molecule has 1 aromatic rings. The van der Waals surface area contributed by atoms with Gasteiger partial charge in [-0.05, 0) is 58.0 Å². The molecule has 0 bridgehead atoms. The predicted molar refractivity (Wildman–Crippen MR) is 160 cm³/mol. The van der Waals surface area contributed by atoms with Crippen molar-refractivity contribution in [3.8, 4) is 0 Å². The summed E-state index contributed by atoms with van der Waals surface area (Å²) in [6.45, 7) is 12.5. The molecule has 0 aromatic carbocycles. The third-order valence-corrected chi connectivity index (χ3v) is 9.15. The lowest BCUT2D eigenvalue weighted by molar-refractivity contribution is 0.0331. The van der Waals surface area contributed by atoms with Gasteiger partial charge < -0.3 is 31.3 Å². The molecular formula is C29H53N9O.